The smallest absolute Gasteiger partial charge is 0.329 e. The lowest BCUT2D eigenvalue weighted by molar-refractivity contribution is -0.137. The molecule has 78 valence electrons. The van der Waals surface area contributed by atoms with Gasteiger partial charge in [0.25, 0.3) is 0 Å². The summed E-state index contributed by atoms with van der Waals surface area (Å²) >= 11 is 0. The van der Waals surface area contributed by atoms with Gasteiger partial charge in [0.1, 0.15) is 0 Å². The van der Waals surface area contributed by atoms with Crippen LogP contribution in [0.3, 0.4) is 0 Å². The summed E-state index contributed by atoms with van der Waals surface area (Å²) in [5, 5.41) is 3.58. The number of hydrogen-bond acceptors (Lipinski definition) is 3. The first-order valence-corrected chi connectivity index (χ1v) is 4.29. The number of carbonyl (C=O) groups excluding carboxylic acids is 2. The normalized spacial score (nSPS) is 10.2. The van der Waals surface area contributed by atoms with E-state index >= 15 is 0 Å². The van der Waals surface area contributed by atoms with Gasteiger partial charge in [0, 0.05) is 0 Å². The molecule has 1 aromatic carbocycles. The van der Waals surface area contributed by atoms with Gasteiger partial charge in [-0.3, -0.25) is 9.59 Å². The second-order valence-corrected chi connectivity index (χ2v) is 2.98. The molecule has 5 nitrogen and oxygen atoms in total. The molecule has 0 aliphatic carbocycles. The van der Waals surface area contributed by atoms with Crippen molar-refractivity contribution in [1.82, 2.24) is 5.43 Å². The molecule has 0 bridgehead atoms. The summed E-state index contributed by atoms with van der Waals surface area (Å²) in [6, 6.07) is 7.53. The SMILES string of the molecule is Cc1cccc(/C=N/NC(=O)C(N)=O)c1. The van der Waals surface area contributed by atoms with Crippen LogP contribution >= 0.6 is 0 Å². The molecular weight excluding hydrogens is 194 g/mol. The number of primary amides is 1. The van der Waals surface area contributed by atoms with Crippen molar-refractivity contribution in [3.8, 4) is 0 Å². The van der Waals surface area contributed by atoms with Crippen LogP contribution in [0.15, 0.2) is 29.4 Å². The molecule has 0 saturated carbocycles. The van der Waals surface area contributed by atoms with Crippen molar-refractivity contribution in [2.24, 2.45) is 10.8 Å². The fourth-order valence-electron chi connectivity index (χ4n) is 0.971. The number of nitrogens with zero attached hydrogens (tertiary/aromatic N) is 1. The number of hydrogen-bond donors (Lipinski definition) is 2. The molecule has 0 atom stereocenters. The van der Waals surface area contributed by atoms with Crippen LogP contribution in [0.25, 0.3) is 0 Å². The van der Waals surface area contributed by atoms with E-state index in [-0.39, 0.29) is 0 Å². The summed E-state index contributed by atoms with van der Waals surface area (Å²) in [6.45, 7) is 1.94. The van der Waals surface area contributed by atoms with Crippen LogP contribution in [0.5, 0.6) is 0 Å². The molecular formula is C10H11N3O2. The van der Waals surface area contributed by atoms with Crippen LogP contribution in [0.2, 0.25) is 0 Å². The maximum absolute atomic E-state index is 10.7. The van der Waals surface area contributed by atoms with Gasteiger partial charge in [-0.1, -0.05) is 29.8 Å². The van der Waals surface area contributed by atoms with E-state index in [0.717, 1.165) is 11.1 Å². The average Bonchev–Trinajstić information content (AvgIpc) is 2.17. The number of amides is 2. The summed E-state index contributed by atoms with van der Waals surface area (Å²) < 4.78 is 0. The molecule has 5 heteroatoms. The molecule has 0 spiro atoms. The highest BCUT2D eigenvalue weighted by Crippen LogP contribution is 2.00. The minimum Gasteiger partial charge on any atom is -0.361 e. The zero-order chi connectivity index (χ0) is 11.3. The van der Waals surface area contributed by atoms with Gasteiger partial charge in [0.2, 0.25) is 0 Å². The second-order valence-electron chi connectivity index (χ2n) is 2.98. The predicted molar refractivity (Wildman–Crippen MR) is 56.1 cm³/mol. The van der Waals surface area contributed by atoms with Crippen LogP contribution in [-0.4, -0.2) is 18.0 Å². The first-order valence-electron chi connectivity index (χ1n) is 4.29. The fourth-order valence-corrected chi connectivity index (χ4v) is 0.971. The zero-order valence-electron chi connectivity index (χ0n) is 8.23. The Bertz CT molecular complexity index is 413. The highest BCUT2D eigenvalue weighted by molar-refractivity contribution is 6.34. The van der Waals surface area contributed by atoms with Gasteiger partial charge in [-0.05, 0) is 12.5 Å². The van der Waals surface area contributed by atoms with E-state index in [9.17, 15) is 9.59 Å². The van der Waals surface area contributed by atoms with Crippen molar-refractivity contribution in [2.45, 2.75) is 6.92 Å². The highest BCUT2D eigenvalue weighted by Gasteiger charge is 2.04. The third-order valence-corrected chi connectivity index (χ3v) is 1.65. The van der Waals surface area contributed by atoms with Crippen molar-refractivity contribution in [3.63, 3.8) is 0 Å². The van der Waals surface area contributed by atoms with Gasteiger partial charge < -0.3 is 5.73 Å². The molecule has 2 amide bonds. The van der Waals surface area contributed by atoms with Crippen molar-refractivity contribution in [1.29, 1.82) is 0 Å². The number of hydrazone groups is 1. The maximum Gasteiger partial charge on any atom is 0.329 e. The Morgan fingerprint density at radius 2 is 2.20 bits per heavy atom. The van der Waals surface area contributed by atoms with Gasteiger partial charge in [-0.15, -0.1) is 0 Å². The summed E-state index contributed by atoms with van der Waals surface area (Å²) in [5.41, 5.74) is 8.64. The van der Waals surface area contributed by atoms with Crippen molar-refractivity contribution >= 4 is 18.0 Å². The van der Waals surface area contributed by atoms with E-state index in [0.29, 0.717) is 0 Å². The fraction of sp³-hybridized carbons (Fsp3) is 0.100. The van der Waals surface area contributed by atoms with Crippen LogP contribution in [0, 0.1) is 6.92 Å². The molecule has 0 fully saturated rings. The van der Waals surface area contributed by atoms with Gasteiger partial charge >= 0.3 is 11.8 Å². The molecule has 3 N–H and O–H groups in total. The summed E-state index contributed by atoms with van der Waals surface area (Å²) in [6.07, 6.45) is 1.44. The highest BCUT2D eigenvalue weighted by atomic mass is 16.2. The number of nitrogens with one attached hydrogen (secondary N) is 1. The van der Waals surface area contributed by atoms with E-state index in [4.69, 9.17) is 5.73 Å². The lowest BCUT2D eigenvalue weighted by atomic mass is 10.2. The van der Waals surface area contributed by atoms with Crippen LogP contribution in [0.1, 0.15) is 11.1 Å². The van der Waals surface area contributed by atoms with Gasteiger partial charge in [0.05, 0.1) is 6.21 Å². The summed E-state index contributed by atoms with van der Waals surface area (Å²) in [5.74, 6) is -1.99. The third kappa shape index (κ3) is 3.60. The van der Waals surface area contributed by atoms with Crippen LogP contribution in [-0.2, 0) is 9.59 Å². The molecule has 0 aliphatic rings. The van der Waals surface area contributed by atoms with E-state index in [1.165, 1.54) is 6.21 Å². The molecule has 0 aromatic heterocycles. The zero-order valence-corrected chi connectivity index (χ0v) is 8.23. The van der Waals surface area contributed by atoms with Crippen molar-refractivity contribution in [2.75, 3.05) is 0 Å². The van der Waals surface area contributed by atoms with Crippen LogP contribution in [0.4, 0.5) is 0 Å². The Balaban J connectivity index is 2.59. The first-order chi connectivity index (χ1) is 7.09. The molecule has 0 radical (unpaired) electrons. The van der Waals surface area contributed by atoms with E-state index in [2.05, 4.69) is 5.10 Å². The largest absolute Gasteiger partial charge is 0.361 e. The molecule has 1 aromatic rings. The number of benzene rings is 1. The Labute approximate surface area is 87.0 Å². The topological polar surface area (TPSA) is 84.6 Å². The third-order valence-electron chi connectivity index (χ3n) is 1.65. The molecule has 0 unspecified atom stereocenters. The lowest BCUT2D eigenvalue weighted by Crippen LogP contribution is -2.32. The minimum absolute atomic E-state index is 0.833. The van der Waals surface area contributed by atoms with Crippen molar-refractivity contribution < 1.29 is 9.59 Å². The Hall–Kier alpha value is -2.17. The quantitative estimate of drug-likeness (QED) is 0.402. The van der Waals surface area contributed by atoms with Crippen LogP contribution < -0.4 is 11.2 Å². The average molecular weight is 205 g/mol. The number of aryl methyl sites for hydroxylation is 1. The molecule has 0 saturated heterocycles. The monoisotopic (exact) mass is 205 g/mol. The number of rotatable bonds is 2. The van der Waals surface area contributed by atoms with Crippen molar-refractivity contribution in [3.05, 3.63) is 35.4 Å². The van der Waals surface area contributed by atoms with E-state index in [1.54, 1.807) is 0 Å². The Morgan fingerprint density at radius 3 is 2.80 bits per heavy atom. The summed E-state index contributed by atoms with van der Waals surface area (Å²) in [4.78, 5) is 21.0. The standard InChI is InChI=1S/C10H11N3O2/c1-7-3-2-4-8(5-7)6-12-13-10(15)9(11)14/h2-6H,1H3,(H2,11,14)(H,13,15)/b12-6+. The Kier molecular flexibility index (Phi) is 3.56. The number of nitrogens with two attached hydrogens (primary N) is 1. The minimum atomic E-state index is -1.06. The predicted octanol–water partition coefficient (Wildman–Crippen LogP) is -0.0696. The number of carbonyl (C=O) groups is 2. The molecule has 15 heavy (non-hydrogen) atoms. The summed E-state index contributed by atoms with van der Waals surface area (Å²) in [7, 11) is 0. The Morgan fingerprint density at radius 1 is 1.47 bits per heavy atom. The molecule has 0 heterocycles. The van der Waals surface area contributed by atoms with Gasteiger partial charge in [-0.25, -0.2) is 5.43 Å². The van der Waals surface area contributed by atoms with Gasteiger partial charge in [0.15, 0.2) is 0 Å². The van der Waals surface area contributed by atoms with Gasteiger partial charge in [-0.2, -0.15) is 5.10 Å². The van der Waals surface area contributed by atoms with E-state index < -0.39 is 11.8 Å². The maximum atomic E-state index is 10.7. The second kappa shape index (κ2) is 4.90. The molecule has 1 rings (SSSR count). The molecule has 0 aliphatic heterocycles. The first kappa shape index (κ1) is 10.9. The van der Waals surface area contributed by atoms with E-state index in [1.807, 2.05) is 36.6 Å². The lowest BCUT2D eigenvalue weighted by Gasteiger charge is -1.95.